The van der Waals surface area contributed by atoms with Crippen molar-refractivity contribution in [3.63, 3.8) is 0 Å². The topological polar surface area (TPSA) is 306 Å². The lowest BCUT2D eigenvalue weighted by Crippen LogP contribution is -2.63. The molecular weight excluding hydrogens is 1300 g/mol. The summed E-state index contributed by atoms with van der Waals surface area (Å²) in [6, 6.07) is -9.00. The van der Waals surface area contributed by atoms with Gasteiger partial charge in [-0.2, -0.15) is 13.2 Å². The largest absolute Gasteiger partial charge is 0.393 e. The zero-order valence-electron chi connectivity index (χ0n) is 62.2. The Labute approximate surface area is 584 Å². The van der Waals surface area contributed by atoms with Crippen LogP contribution in [-0.4, -0.2) is 265 Å². The third-order valence-corrected chi connectivity index (χ3v) is 18.5. The van der Waals surface area contributed by atoms with Gasteiger partial charge in [-0.1, -0.05) is 61.8 Å². The van der Waals surface area contributed by atoms with E-state index in [0.29, 0.717) is 12.8 Å². The van der Waals surface area contributed by atoms with Gasteiger partial charge in [0.05, 0.1) is 38.8 Å². The molecule has 1 aliphatic heterocycles. The van der Waals surface area contributed by atoms with Crippen LogP contribution >= 0.6 is 11.6 Å². The lowest BCUT2D eigenvalue weighted by atomic mass is 9.78. The summed E-state index contributed by atoms with van der Waals surface area (Å²) in [4.78, 5) is 181. The molecule has 0 bridgehead atoms. The maximum atomic E-state index is 15.0. The van der Waals surface area contributed by atoms with Crippen LogP contribution in [0.1, 0.15) is 168 Å². The highest BCUT2D eigenvalue weighted by atomic mass is 35.5. The van der Waals surface area contributed by atoms with Crippen LogP contribution in [-0.2, 0) is 67.0 Å². The molecule has 0 aromatic carbocycles. The number of carbonyl (C=O) groups is 12. The maximum Gasteiger partial charge on any atom is 0.393 e. The van der Waals surface area contributed by atoms with E-state index in [1.54, 1.807) is 62.3 Å². The molecule has 2 aliphatic rings. The number of carbonyl (C=O) groups excluding carboxylic acids is 12. The Bertz CT molecular complexity index is 2720. The minimum absolute atomic E-state index is 0.0327. The van der Waals surface area contributed by atoms with E-state index in [0.717, 1.165) is 24.5 Å². The Morgan fingerprint density at radius 1 is 0.643 bits per heavy atom. The molecule has 0 spiro atoms. The molecule has 1 saturated heterocycles. The summed E-state index contributed by atoms with van der Waals surface area (Å²) in [5.74, 6) is -11.7. The van der Waals surface area contributed by atoms with Crippen LogP contribution < -0.4 is 26.6 Å². The van der Waals surface area contributed by atoms with Crippen LogP contribution in [0.25, 0.3) is 0 Å². The molecule has 0 radical (unpaired) electrons. The number of amides is 12. The second kappa shape index (κ2) is 39.6. The smallest absolute Gasteiger partial charge is 0.379 e. The average Bonchev–Trinajstić information content (AvgIpc) is 0.811. The molecule has 1 aliphatic carbocycles. The van der Waals surface area contributed by atoms with Gasteiger partial charge in [0.25, 0.3) is 0 Å². The van der Waals surface area contributed by atoms with E-state index in [4.69, 9.17) is 21.1 Å². The number of ether oxygens (including phenoxy) is 2. The van der Waals surface area contributed by atoms with Gasteiger partial charge in [0.2, 0.25) is 70.9 Å². The molecule has 0 aromatic heterocycles. The molecule has 1 saturated carbocycles. The highest BCUT2D eigenvalue weighted by Gasteiger charge is 2.48. The minimum Gasteiger partial charge on any atom is -0.379 e. The van der Waals surface area contributed by atoms with Crippen molar-refractivity contribution in [2.24, 2.45) is 35.5 Å². The van der Waals surface area contributed by atoms with Gasteiger partial charge >= 0.3 is 6.18 Å². The highest BCUT2D eigenvalue weighted by Crippen LogP contribution is 2.43. The van der Waals surface area contributed by atoms with Crippen molar-refractivity contribution in [2.45, 2.75) is 233 Å². The number of likely N-dealkylation sites (N-methyl/N-ethyl adjacent to an activating group) is 7. The van der Waals surface area contributed by atoms with Gasteiger partial charge in [-0.15, -0.1) is 11.6 Å². The van der Waals surface area contributed by atoms with Crippen molar-refractivity contribution in [3.8, 4) is 0 Å². The van der Waals surface area contributed by atoms with Crippen LogP contribution in [0.5, 0.6) is 0 Å². The SMILES string of the molecule is CC[C@H](C)[C@@H]1NC(=O)[C@H](COCC(=O)NC(C)(C)C)N(C)C(=O)C[C@@H](C)NC(=O)[C@H](CC(C)C)N(C)C(=O)C(C)(C)NC(=O)[C@H](CC(C)C)N(C)C(=O)[C@H](CCC2CCC(C(F)(F)F)C(Cl)C2)NC(=O)CN(C)C(=O)[C@H](COCCC(C)C)N(C)C(=O)CN(C)C(=O)CN(CC)C1=O. The molecular formula is C68H118ClF3N12O14. The number of alkyl halides is 4. The van der Waals surface area contributed by atoms with Crippen molar-refractivity contribution >= 4 is 82.5 Å². The Morgan fingerprint density at radius 2 is 1.20 bits per heavy atom. The van der Waals surface area contributed by atoms with Crippen LogP contribution in [0.3, 0.4) is 0 Å². The molecule has 98 heavy (non-hydrogen) atoms. The summed E-state index contributed by atoms with van der Waals surface area (Å²) in [5.41, 5.74) is -2.40. The van der Waals surface area contributed by atoms with E-state index in [1.807, 2.05) is 27.7 Å². The fourth-order valence-electron chi connectivity index (χ4n) is 11.7. The standard InChI is InChI=1S/C68H118ClF3N12O14/c1-22-43(9)58-64(95)84(23-2)36-56(88)78(16)35-57(89)81(19)52(38-97-29-28-40(3)4)63(94)79(17)34-53(85)74-48(27-25-45-24-26-46(47(69)33-45)68(70,71)72)62(93)82(20)50(31-42(7)8)61(92)77-67(14,15)65(96)83(21)49(30-41(5)6)59(90)73-44(10)32-55(87)80(18)51(60(91)75-58)37-98-39-54(86)76-66(11,12)13/h40-52,58H,22-39H2,1-21H3,(H,73,90)(H,74,85)(H,75,91)(H,76,86)(H,77,92)/t43-,44+,45?,46?,47?,48-,49-,50-,51-,52-,58-/m0/s1. The first-order chi connectivity index (χ1) is 45.2. The van der Waals surface area contributed by atoms with Gasteiger partial charge in [0, 0.05) is 78.8 Å². The summed E-state index contributed by atoms with van der Waals surface area (Å²) < 4.78 is 53.5. The van der Waals surface area contributed by atoms with E-state index < -0.39 is 193 Å². The Balaban J connectivity index is 2.91. The number of rotatable bonds is 19. The van der Waals surface area contributed by atoms with E-state index in [-0.39, 0.29) is 82.5 Å². The summed E-state index contributed by atoms with van der Waals surface area (Å²) in [6.07, 6.45) is -4.04. The summed E-state index contributed by atoms with van der Waals surface area (Å²) in [7, 11) is 8.00. The Hall–Kier alpha value is -6.36. The van der Waals surface area contributed by atoms with Crippen molar-refractivity contribution < 1.29 is 80.2 Å². The number of nitrogens with one attached hydrogen (secondary N) is 5. The second-order valence-corrected chi connectivity index (χ2v) is 30.3. The number of halogens is 4. The number of nitrogens with zero attached hydrogens (tertiary/aromatic N) is 7. The molecule has 2 rings (SSSR count). The van der Waals surface area contributed by atoms with Crippen LogP contribution in [0, 0.1) is 35.5 Å². The molecule has 0 aromatic rings. The van der Waals surface area contributed by atoms with Gasteiger partial charge in [-0.3, -0.25) is 57.5 Å². The molecule has 3 unspecified atom stereocenters. The third-order valence-electron chi connectivity index (χ3n) is 18.0. The third kappa shape index (κ3) is 28.0. The van der Waals surface area contributed by atoms with Crippen LogP contribution in [0.4, 0.5) is 13.2 Å². The van der Waals surface area contributed by atoms with Crippen molar-refractivity contribution in [1.82, 2.24) is 60.9 Å². The quantitative estimate of drug-likeness (QED) is 0.0889. The van der Waals surface area contributed by atoms with E-state index in [2.05, 4.69) is 26.6 Å². The molecule has 2 fully saturated rings. The zero-order chi connectivity index (χ0) is 75.2. The van der Waals surface area contributed by atoms with Gasteiger partial charge in [-0.25, -0.2) is 0 Å². The fraction of sp³-hybridized carbons (Fsp3) is 0.824. The zero-order valence-corrected chi connectivity index (χ0v) is 62.9. The van der Waals surface area contributed by atoms with Gasteiger partial charge < -0.3 is 70.4 Å². The first-order valence-electron chi connectivity index (χ1n) is 34.4. The Morgan fingerprint density at radius 3 is 1.73 bits per heavy atom. The van der Waals surface area contributed by atoms with Gasteiger partial charge in [0.1, 0.15) is 48.4 Å². The normalized spacial score (nSPS) is 26.2. The Kier molecular flexibility index (Phi) is 35.4. The van der Waals surface area contributed by atoms with Gasteiger partial charge in [0.15, 0.2) is 0 Å². The first kappa shape index (κ1) is 87.7. The molecule has 12 amide bonds. The fourth-order valence-corrected chi connectivity index (χ4v) is 12.2. The van der Waals surface area contributed by atoms with Crippen LogP contribution in [0.2, 0.25) is 0 Å². The number of hydrogen-bond donors (Lipinski definition) is 5. The predicted octanol–water partition coefficient (Wildman–Crippen LogP) is 4.33. The van der Waals surface area contributed by atoms with E-state index in [1.165, 1.54) is 65.9 Å². The van der Waals surface area contributed by atoms with E-state index in [9.17, 15) is 65.9 Å². The van der Waals surface area contributed by atoms with Crippen LogP contribution in [0.15, 0.2) is 0 Å². The molecule has 5 N–H and O–H groups in total. The summed E-state index contributed by atoms with van der Waals surface area (Å²) in [5, 5.41) is 12.7. The van der Waals surface area contributed by atoms with Crippen molar-refractivity contribution in [1.29, 1.82) is 0 Å². The lowest BCUT2D eigenvalue weighted by molar-refractivity contribution is -0.182. The lowest BCUT2D eigenvalue weighted by Gasteiger charge is -2.38. The van der Waals surface area contributed by atoms with Crippen molar-refractivity contribution in [3.05, 3.63) is 0 Å². The van der Waals surface area contributed by atoms with E-state index >= 15 is 4.79 Å². The second-order valence-electron chi connectivity index (χ2n) is 29.7. The maximum absolute atomic E-state index is 15.0. The minimum atomic E-state index is -4.53. The summed E-state index contributed by atoms with van der Waals surface area (Å²) in [6.45, 7) is 22.9. The molecule has 26 nitrogen and oxygen atoms in total. The molecule has 562 valence electrons. The number of hydrogen-bond acceptors (Lipinski definition) is 14. The first-order valence-corrected chi connectivity index (χ1v) is 34.8. The molecule has 11 atom stereocenters. The summed E-state index contributed by atoms with van der Waals surface area (Å²) >= 11 is 6.35. The highest BCUT2D eigenvalue weighted by molar-refractivity contribution is 6.20. The monoisotopic (exact) mass is 1420 g/mol. The predicted molar refractivity (Wildman–Crippen MR) is 365 cm³/mol. The van der Waals surface area contributed by atoms with Gasteiger partial charge in [-0.05, 0) is 129 Å². The average molecular weight is 1420 g/mol. The van der Waals surface area contributed by atoms with Crippen molar-refractivity contribution in [2.75, 3.05) is 94.9 Å². The molecule has 30 heteroatoms. The molecule has 1 heterocycles.